The molecule has 0 aliphatic rings. The average Bonchev–Trinajstić information content (AvgIpc) is 2.50. The highest BCUT2D eigenvalue weighted by atomic mass is 35.5. The lowest BCUT2D eigenvalue weighted by Crippen LogP contribution is -2.43. The van der Waals surface area contributed by atoms with Gasteiger partial charge in [-0.1, -0.05) is 41.9 Å². The van der Waals surface area contributed by atoms with E-state index in [0.717, 1.165) is 5.56 Å². The molecule has 0 radical (unpaired) electrons. The van der Waals surface area contributed by atoms with Gasteiger partial charge in [0.15, 0.2) is 0 Å². The molecular formula is C16H14ClNO4. The topological polar surface area (TPSA) is 75.6 Å². The third-order valence-electron chi connectivity index (χ3n) is 2.90. The van der Waals surface area contributed by atoms with Gasteiger partial charge in [0.2, 0.25) is 0 Å². The van der Waals surface area contributed by atoms with Gasteiger partial charge in [-0.15, -0.1) is 0 Å². The number of halogens is 1. The van der Waals surface area contributed by atoms with E-state index < -0.39 is 18.1 Å². The molecule has 22 heavy (non-hydrogen) atoms. The van der Waals surface area contributed by atoms with Gasteiger partial charge < -0.3 is 15.2 Å². The summed E-state index contributed by atoms with van der Waals surface area (Å²) in [7, 11) is 0. The van der Waals surface area contributed by atoms with Crippen LogP contribution in [0.25, 0.3) is 0 Å². The maximum atomic E-state index is 11.8. The number of aliphatic carboxylic acids is 1. The summed E-state index contributed by atoms with van der Waals surface area (Å²) in [5, 5.41) is 12.0. The summed E-state index contributed by atoms with van der Waals surface area (Å²) in [4.78, 5) is 23.0. The van der Waals surface area contributed by atoms with Crippen LogP contribution in [0, 0.1) is 0 Å². The fourth-order valence-electron chi connectivity index (χ4n) is 1.83. The van der Waals surface area contributed by atoms with Gasteiger partial charge >= 0.3 is 12.1 Å². The quantitative estimate of drug-likeness (QED) is 0.887. The number of amides is 1. The fourth-order valence-corrected chi connectivity index (χ4v) is 1.96. The van der Waals surface area contributed by atoms with Crippen molar-refractivity contribution >= 4 is 23.7 Å². The van der Waals surface area contributed by atoms with Crippen LogP contribution < -0.4 is 10.1 Å². The van der Waals surface area contributed by atoms with Gasteiger partial charge in [-0.3, -0.25) is 0 Å². The normalized spacial score (nSPS) is 11.5. The largest absolute Gasteiger partial charge is 0.480 e. The Kier molecular flexibility index (Phi) is 5.38. The number of carbonyl (C=O) groups is 2. The van der Waals surface area contributed by atoms with E-state index in [4.69, 9.17) is 16.3 Å². The minimum absolute atomic E-state index is 0.173. The summed E-state index contributed by atoms with van der Waals surface area (Å²) >= 11 is 5.73. The lowest BCUT2D eigenvalue weighted by atomic mass is 10.1. The zero-order valence-corrected chi connectivity index (χ0v) is 12.3. The van der Waals surface area contributed by atoms with Crippen LogP contribution in [0.5, 0.6) is 5.75 Å². The second-order valence-corrected chi connectivity index (χ2v) is 5.00. The third-order valence-corrected chi connectivity index (χ3v) is 3.15. The Morgan fingerprint density at radius 1 is 1.09 bits per heavy atom. The maximum absolute atomic E-state index is 11.8. The highest BCUT2D eigenvalue weighted by molar-refractivity contribution is 6.30. The number of carboxylic acid groups (broad SMARTS) is 1. The molecule has 0 fully saturated rings. The molecule has 0 saturated heterocycles. The van der Waals surface area contributed by atoms with Gasteiger partial charge in [0.1, 0.15) is 11.8 Å². The molecule has 0 spiro atoms. The molecule has 0 bridgehead atoms. The van der Waals surface area contributed by atoms with Gasteiger partial charge in [-0.2, -0.15) is 0 Å². The fraction of sp³-hybridized carbons (Fsp3) is 0.125. The Morgan fingerprint density at radius 2 is 1.73 bits per heavy atom. The molecule has 1 amide bonds. The Hall–Kier alpha value is -2.53. The van der Waals surface area contributed by atoms with E-state index in [9.17, 15) is 14.7 Å². The Balaban J connectivity index is 1.97. The summed E-state index contributed by atoms with van der Waals surface area (Å²) < 4.78 is 5.02. The molecule has 0 aromatic heterocycles. The summed E-state index contributed by atoms with van der Waals surface area (Å²) in [5.41, 5.74) is 0.807. The van der Waals surface area contributed by atoms with Gasteiger partial charge in [-0.05, 0) is 29.8 Å². The molecule has 114 valence electrons. The maximum Gasteiger partial charge on any atom is 0.413 e. The molecule has 2 aromatic rings. The molecule has 2 N–H and O–H groups in total. The Bertz CT molecular complexity index is 643. The minimum atomic E-state index is -1.13. The van der Waals surface area contributed by atoms with Crippen LogP contribution in [0.3, 0.4) is 0 Å². The lowest BCUT2D eigenvalue weighted by molar-refractivity contribution is -0.139. The van der Waals surface area contributed by atoms with Crippen molar-refractivity contribution in [3.05, 3.63) is 65.2 Å². The van der Waals surface area contributed by atoms with Gasteiger partial charge in [0, 0.05) is 11.4 Å². The monoisotopic (exact) mass is 319 g/mol. The van der Waals surface area contributed by atoms with Crippen molar-refractivity contribution in [3.63, 3.8) is 0 Å². The highest BCUT2D eigenvalue weighted by Crippen LogP contribution is 2.15. The number of rotatable bonds is 5. The van der Waals surface area contributed by atoms with Crippen molar-refractivity contribution < 1.29 is 19.4 Å². The molecule has 0 aliphatic heterocycles. The van der Waals surface area contributed by atoms with E-state index in [-0.39, 0.29) is 12.2 Å². The molecule has 2 aromatic carbocycles. The third kappa shape index (κ3) is 4.79. The first-order valence-electron chi connectivity index (χ1n) is 6.55. The minimum Gasteiger partial charge on any atom is -0.480 e. The lowest BCUT2D eigenvalue weighted by Gasteiger charge is -2.14. The predicted octanol–water partition coefficient (Wildman–Crippen LogP) is 3.12. The van der Waals surface area contributed by atoms with Gasteiger partial charge in [0.25, 0.3) is 0 Å². The van der Waals surface area contributed by atoms with Crippen molar-refractivity contribution in [3.8, 4) is 5.75 Å². The summed E-state index contributed by atoms with van der Waals surface area (Å²) in [6, 6.07) is 14.2. The summed E-state index contributed by atoms with van der Waals surface area (Å²) in [6.07, 6.45) is -0.656. The first-order valence-corrected chi connectivity index (χ1v) is 6.93. The van der Waals surface area contributed by atoms with Gasteiger partial charge in [0.05, 0.1) is 0 Å². The summed E-state index contributed by atoms with van der Waals surface area (Å²) in [6.45, 7) is 0. The number of carboxylic acids is 1. The van der Waals surface area contributed by atoms with Crippen LogP contribution >= 0.6 is 11.6 Å². The number of nitrogens with one attached hydrogen (secondary N) is 1. The van der Waals surface area contributed by atoms with Crippen molar-refractivity contribution in [2.45, 2.75) is 12.5 Å². The van der Waals surface area contributed by atoms with E-state index in [0.29, 0.717) is 5.02 Å². The zero-order chi connectivity index (χ0) is 15.9. The molecule has 0 unspecified atom stereocenters. The van der Waals surface area contributed by atoms with E-state index in [2.05, 4.69) is 5.32 Å². The molecule has 0 heterocycles. The second-order valence-electron chi connectivity index (χ2n) is 4.57. The Labute approximate surface area is 132 Å². The van der Waals surface area contributed by atoms with Crippen LogP contribution in [0.15, 0.2) is 54.6 Å². The smallest absolute Gasteiger partial charge is 0.413 e. The van der Waals surface area contributed by atoms with Gasteiger partial charge in [-0.25, -0.2) is 9.59 Å². The number of ether oxygens (including phenoxy) is 1. The first-order chi connectivity index (χ1) is 10.5. The average molecular weight is 320 g/mol. The van der Waals surface area contributed by atoms with Crippen LogP contribution in [0.1, 0.15) is 5.56 Å². The van der Waals surface area contributed by atoms with E-state index in [1.807, 2.05) is 6.07 Å². The molecule has 2 rings (SSSR count). The van der Waals surface area contributed by atoms with E-state index in [1.54, 1.807) is 36.4 Å². The molecule has 6 heteroatoms. The predicted molar refractivity (Wildman–Crippen MR) is 82.2 cm³/mol. The van der Waals surface area contributed by atoms with E-state index >= 15 is 0 Å². The SMILES string of the molecule is O=C(N[C@@H](Cc1ccccc1)C(=O)O)Oc1ccc(Cl)cc1. The molecular weight excluding hydrogens is 306 g/mol. The number of carbonyl (C=O) groups excluding carboxylic acids is 1. The summed E-state index contributed by atoms with van der Waals surface area (Å²) in [5.74, 6) is -0.845. The standard InChI is InChI=1S/C16H14ClNO4/c17-12-6-8-13(9-7-12)22-16(21)18-14(15(19)20)10-11-4-2-1-3-5-11/h1-9,14H,10H2,(H,18,21)(H,19,20)/t14-/m0/s1. The highest BCUT2D eigenvalue weighted by Gasteiger charge is 2.21. The molecule has 0 saturated carbocycles. The first kappa shape index (κ1) is 15.9. The van der Waals surface area contributed by atoms with Crippen LogP contribution in [-0.2, 0) is 11.2 Å². The number of hydrogen-bond donors (Lipinski definition) is 2. The molecule has 0 aliphatic carbocycles. The van der Waals surface area contributed by atoms with E-state index in [1.165, 1.54) is 12.1 Å². The number of hydrogen-bond acceptors (Lipinski definition) is 3. The van der Waals surface area contributed by atoms with Crippen molar-refractivity contribution in [2.75, 3.05) is 0 Å². The number of benzene rings is 2. The van der Waals surface area contributed by atoms with Crippen LogP contribution in [0.4, 0.5) is 4.79 Å². The molecule has 5 nitrogen and oxygen atoms in total. The van der Waals surface area contributed by atoms with Crippen LogP contribution in [-0.4, -0.2) is 23.2 Å². The Morgan fingerprint density at radius 3 is 2.32 bits per heavy atom. The molecule has 1 atom stereocenters. The van der Waals surface area contributed by atoms with Crippen molar-refractivity contribution in [1.82, 2.24) is 5.32 Å². The van der Waals surface area contributed by atoms with Crippen molar-refractivity contribution in [2.24, 2.45) is 0 Å². The van der Waals surface area contributed by atoms with Crippen LogP contribution in [0.2, 0.25) is 5.02 Å². The second kappa shape index (κ2) is 7.47. The van der Waals surface area contributed by atoms with Crippen molar-refractivity contribution in [1.29, 1.82) is 0 Å². The zero-order valence-electron chi connectivity index (χ0n) is 11.5.